The Labute approximate surface area is 92.4 Å². The molecule has 0 aromatic rings. The molecule has 2 aliphatic rings. The van der Waals surface area contributed by atoms with Crippen LogP contribution in [0.15, 0.2) is 24.3 Å². The van der Waals surface area contributed by atoms with E-state index in [1.54, 1.807) is 0 Å². The van der Waals surface area contributed by atoms with E-state index in [1.807, 2.05) is 24.5 Å². The van der Waals surface area contributed by atoms with Gasteiger partial charge in [-0.05, 0) is 0 Å². The number of amides is 4. The van der Waals surface area contributed by atoms with Gasteiger partial charge in [0.15, 0.2) is 0 Å². The summed E-state index contributed by atoms with van der Waals surface area (Å²) in [6.45, 7) is 4.00. The van der Waals surface area contributed by atoms with Crippen molar-refractivity contribution in [3.05, 3.63) is 24.3 Å². The highest BCUT2D eigenvalue weighted by Gasteiger charge is 2.07. The largest absolute Gasteiger partial charge is 0.289 e. The number of nitrogens with one attached hydrogen (secondary N) is 2. The molecule has 4 amide bonds. The van der Waals surface area contributed by atoms with E-state index in [9.17, 15) is 19.2 Å². The fraction of sp³-hybridized carbons (Fsp3) is 0.200. The quantitative estimate of drug-likeness (QED) is 0.539. The van der Waals surface area contributed by atoms with Crippen molar-refractivity contribution in [1.29, 1.82) is 0 Å². The molecule has 0 saturated heterocycles. The molecule has 2 rings (SSSR count). The maximum atomic E-state index is 10.0. The molecule has 0 aromatic carbocycles. The summed E-state index contributed by atoms with van der Waals surface area (Å²) in [5.41, 5.74) is 0. The van der Waals surface area contributed by atoms with Crippen molar-refractivity contribution in [2.75, 3.05) is 0 Å². The monoisotopic (exact) mass is 224 g/mol. The third-order valence-corrected chi connectivity index (χ3v) is 1.26. The fourth-order valence-corrected chi connectivity index (χ4v) is 0.712. The predicted octanol–water partition coefficient (Wildman–Crippen LogP) is -0.576. The summed E-state index contributed by atoms with van der Waals surface area (Å²) in [4.78, 5) is 40.1. The lowest BCUT2D eigenvalue weighted by Crippen LogP contribution is -2.19. The SMILES string of the molecule is CC.O=C1C=CC(=O)N1.O=C1C=CC(=O)N1. The first-order valence-electron chi connectivity index (χ1n) is 4.64. The molecular weight excluding hydrogens is 212 g/mol. The van der Waals surface area contributed by atoms with Crippen LogP contribution in [0.2, 0.25) is 0 Å². The molecule has 2 N–H and O–H groups in total. The summed E-state index contributed by atoms with van der Waals surface area (Å²) >= 11 is 0. The van der Waals surface area contributed by atoms with Crippen molar-refractivity contribution in [3.63, 3.8) is 0 Å². The molecule has 0 aliphatic carbocycles. The molecule has 86 valence electrons. The Morgan fingerprint density at radius 2 is 0.812 bits per heavy atom. The standard InChI is InChI=1S/2C4H3NO2.C2H6/c2*6-3-1-2-4(7)5-3;1-2/h2*1-2H,(H,5,6,7);1-2H3. The van der Waals surface area contributed by atoms with Crippen molar-refractivity contribution >= 4 is 23.6 Å². The topological polar surface area (TPSA) is 92.3 Å². The van der Waals surface area contributed by atoms with Crippen LogP contribution in [0, 0.1) is 0 Å². The average molecular weight is 224 g/mol. The van der Waals surface area contributed by atoms with Gasteiger partial charge in [-0.1, -0.05) is 13.8 Å². The van der Waals surface area contributed by atoms with E-state index in [2.05, 4.69) is 0 Å². The van der Waals surface area contributed by atoms with Gasteiger partial charge in [-0.25, -0.2) is 0 Å². The van der Waals surface area contributed by atoms with Crippen molar-refractivity contribution in [1.82, 2.24) is 10.6 Å². The second-order valence-electron chi connectivity index (χ2n) is 2.37. The van der Waals surface area contributed by atoms with Crippen molar-refractivity contribution in [3.8, 4) is 0 Å². The van der Waals surface area contributed by atoms with Crippen LogP contribution in [0.3, 0.4) is 0 Å². The summed E-state index contributed by atoms with van der Waals surface area (Å²) in [5.74, 6) is -1.31. The van der Waals surface area contributed by atoms with Crippen LogP contribution < -0.4 is 10.6 Å². The highest BCUT2D eigenvalue weighted by Crippen LogP contribution is 1.83. The first-order valence-corrected chi connectivity index (χ1v) is 4.64. The molecule has 16 heavy (non-hydrogen) atoms. The smallest absolute Gasteiger partial charge is 0.250 e. The zero-order valence-corrected chi connectivity index (χ0v) is 8.94. The number of carbonyl (C=O) groups excluding carboxylic acids is 4. The Hall–Kier alpha value is -2.24. The summed E-state index contributed by atoms with van der Waals surface area (Å²) in [6, 6.07) is 0. The van der Waals surface area contributed by atoms with Crippen LogP contribution in [0.5, 0.6) is 0 Å². The minimum Gasteiger partial charge on any atom is -0.289 e. The number of hydrogen-bond donors (Lipinski definition) is 2. The van der Waals surface area contributed by atoms with Crippen LogP contribution in [-0.2, 0) is 19.2 Å². The van der Waals surface area contributed by atoms with Gasteiger partial charge in [0.2, 0.25) is 0 Å². The Morgan fingerprint density at radius 1 is 0.625 bits per heavy atom. The summed E-state index contributed by atoms with van der Waals surface area (Å²) in [6.07, 6.45) is 4.79. The lowest BCUT2D eigenvalue weighted by atomic mass is 10.6. The summed E-state index contributed by atoms with van der Waals surface area (Å²) in [7, 11) is 0. The van der Waals surface area contributed by atoms with Crippen LogP contribution in [0.4, 0.5) is 0 Å². The maximum absolute atomic E-state index is 10.0. The Kier molecular flexibility index (Phi) is 6.11. The van der Waals surface area contributed by atoms with E-state index in [0.717, 1.165) is 0 Å². The van der Waals surface area contributed by atoms with Gasteiger partial charge in [0, 0.05) is 24.3 Å². The number of imide groups is 2. The highest BCUT2D eigenvalue weighted by molar-refractivity contribution is 6.13. The molecule has 0 aromatic heterocycles. The molecule has 2 aliphatic heterocycles. The molecule has 6 heteroatoms. The minimum atomic E-state index is -0.329. The Morgan fingerprint density at radius 3 is 0.875 bits per heavy atom. The van der Waals surface area contributed by atoms with Crippen LogP contribution in [0.25, 0.3) is 0 Å². The van der Waals surface area contributed by atoms with Gasteiger partial charge in [-0.3, -0.25) is 29.8 Å². The van der Waals surface area contributed by atoms with Crippen molar-refractivity contribution < 1.29 is 19.2 Å². The molecule has 0 spiro atoms. The average Bonchev–Trinajstić information content (AvgIpc) is 2.80. The van der Waals surface area contributed by atoms with Crippen LogP contribution in [-0.4, -0.2) is 23.6 Å². The van der Waals surface area contributed by atoms with E-state index < -0.39 is 0 Å². The van der Waals surface area contributed by atoms with Gasteiger partial charge < -0.3 is 0 Å². The number of rotatable bonds is 0. The second kappa shape index (κ2) is 7.10. The third-order valence-electron chi connectivity index (χ3n) is 1.26. The molecule has 0 fully saturated rings. The molecule has 0 atom stereocenters. The number of carbonyl (C=O) groups is 4. The maximum Gasteiger partial charge on any atom is 0.250 e. The number of hydrogen-bond acceptors (Lipinski definition) is 4. The predicted molar refractivity (Wildman–Crippen MR) is 55.9 cm³/mol. The van der Waals surface area contributed by atoms with Gasteiger partial charge in [0.1, 0.15) is 0 Å². The lowest BCUT2D eigenvalue weighted by molar-refractivity contribution is -0.125. The minimum absolute atomic E-state index is 0.329. The normalized spacial score (nSPS) is 15.9. The molecule has 0 radical (unpaired) electrons. The van der Waals surface area contributed by atoms with Gasteiger partial charge in [0.05, 0.1) is 0 Å². The third kappa shape index (κ3) is 5.48. The van der Waals surface area contributed by atoms with Crippen molar-refractivity contribution in [2.24, 2.45) is 0 Å². The van der Waals surface area contributed by atoms with Crippen molar-refractivity contribution in [2.45, 2.75) is 13.8 Å². The molecule has 6 nitrogen and oxygen atoms in total. The molecule has 2 heterocycles. The highest BCUT2D eigenvalue weighted by atomic mass is 16.2. The fourth-order valence-electron chi connectivity index (χ4n) is 0.712. The Bertz CT molecular complexity index is 301. The van der Waals surface area contributed by atoms with Crippen LogP contribution in [0.1, 0.15) is 13.8 Å². The van der Waals surface area contributed by atoms with Gasteiger partial charge in [-0.2, -0.15) is 0 Å². The Balaban J connectivity index is 0.000000244. The second-order valence-corrected chi connectivity index (χ2v) is 2.37. The summed E-state index contributed by atoms with van der Waals surface area (Å²) in [5, 5.41) is 4.06. The molecule has 0 bridgehead atoms. The first kappa shape index (κ1) is 13.8. The van der Waals surface area contributed by atoms with Gasteiger partial charge in [0.25, 0.3) is 23.6 Å². The van der Waals surface area contributed by atoms with E-state index in [1.165, 1.54) is 24.3 Å². The van der Waals surface area contributed by atoms with Gasteiger partial charge in [-0.15, -0.1) is 0 Å². The summed E-state index contributed by atoms with van der Waals surface area (Å²) < 4.78 is 0. The van der Waals surface area contributed by atoms with E-state index >= 15 is 0 Å². The van der Waals surface area contributed by atoms with E-state index in [0.29, 0.717) is 0 Å². The van der Waals surface area contributed by atoms with Crippen LogP contribution >= 0.6 is 0 Å². The molecular formula is C10H12N2O4. The first-order chi connectivity index (χ1) is 7.58. The zero-order chi connectivity index (χ0) is 12.6. The molecule has 0 unspecified atom stereocenters. The lowest BCUT2D eigenvalue weighted by Gasteiger charge is -1.80. The van der Waals surface area contributed by atoms with E-state index in [-0.39, 0.29) is 23.6 Å². The van der Waals surface area contributed by atoms with E-state index in [4.69, 9.17) is 0 Å². The van der Waals surface area contributed by atoms with Gasteiger partial charge >= 0.3 is 0 Å². The molecule has 0 saturated carbocycles. The zero-order valence-electron chi connectivity index (χ0n) is 8.94.